The van der Waals surface area contributed by atoms with Crippen LogP contribution in [-0.4, -0.2) is 55.5 Å². The smallest absolute Gasteiger partial charge is 0.338 e. The first-order valence-electron chi connectivity index (χ1n) is 13.9. The van der Waals surface area contributed by atoms with Gasteiger partial charge in [0.15, 0.2) is 4.80 Å². The van der Waals surface area contributed by atoms with Crippen LogP contribution in [0.5, 0.6) is 5.75 Å². The molecule has 0 amide bonds. The van der Waals surface area contributed by atoms with Gasteiger partial charge >= 0.3 is 5.97 Å². The van der Waals surface area contributed by atoms with Crippen molar-refractivity contribution in [3.8, 4) is 5.75 Å². The summed E-state index contributed by atoms with van der Waals surface area (Å²) in [6.07, 6.45) is 2.83. The third-order valence-corrected chi connectivity index (χ3v) is 8.46. The Balaban J connectivity index is 1.79. The number of nitro benzene ring substituents is 1. The second-order valence-electron chi connectivity index (χ2n) is 9.90. The van der Waals surface area contributed by atoms with E-state index < -0.39 is 22.5 Å². The summed E-state index contributed by atoms with van der Waals surface area (Å²) in [4.78, 5) is 46.2. The summed E-state index contributed by atoms with van der Waals surface area (Å²) in [5.41, 5.74) is 2.06. The lowest BCUT2D eigenvalue weighted by Crippen LogP contribution is -2.40. The number of morpholine rings is 1. The molecule has 0 spiro atoms. The highest BCUT2D eigenvalue weighted by Gasteiger charge is 2.36. The van der Waals surface area contributed by atoms with Crippen LogP contribution in [0.1, 0.15) is 43.9 Å². The Morgan fingerprint density at radius 3 is 2.67 bits per heavy atom. The zero-order chi connectivity index (χ0) is 30.7. The second-order valence-corrected chi connectivity index (χ2v) is 11.3. The molecular weight excluding hydrogens is 596 g/mol. The number of thiazole rings is 1. The van der Waals surface area contributed by atoms with E-state index in [0.29, 0.717) is 76.1 Å². The first kappa shape index (κ1) is 30.5. The van der Waals surface area contributed by atoms with Crippen LogP contribution >= 0.6 is 22.9 Å². The van der Waals surface area contributed by atoms with Gasteiger partial charge in [-0.3, -0.25) is 19.5 Å². The van der Waals surface area contributed by atoms with Gasteiger partial charge in [0.25, 0.3) is 11.2 Å². The molecule has 0 bridgehead atoms. The van der Waals surface area contributed by atoms with Crippen LogP contribution in [0.4, 0.5) is 11.4 Å². The standard InChI is InChI=1S/C30H31ClN4O7S/c1-4-6-22-26(29(37)42-5-2)27(21-17-19(31)7-10-24(21)40-3)34-28(36)25(43-30(34)32-22)16-18-15-20(35(38)39)8-9-23(18)33-11-13-41-14-12-33/h7-10,15-17,27H,4-6,11-14H2,1-3H3/b25-16+/t27-/m0/s1. The number of anilines is 1. The number of nitrogens with zero attached hydrogens (tertiary/aromatic N) is 4. The minimum atomic E-state index is -0.920. The van der Waals surface area contributed by atoms with Gasteiger partial charge in [-0.05, 0) is 43.7 Å². The number of hydrogen-bond acceptors (Lipinski definition) is 10. The number of hydrogen-bond donors (Lipinski definition) is 0. The zero-order valence-corrected chi connectivity index (χ0v) is 25.6. The van der Waals surface area contributed by atoms with Gasteiger partial charge in [-0.25, -0.2) is 9.79 Å². The van der Waals surface area contributed by atoms with Crippen molar-refractivity contribution in [1.82, 2.24) is 4.57 Å². The molecule has 11 nitrogen and oxygen atoms in total. The van der Waals surface area contributed by atoms with Gasteiger partial charge < -0.3 is 19.1 Å². The lowest BCUT2D eigenvalue weighted by molar-refractivity contribution is -0.384. The van der Waals surface area contributed by atoms with Crippen LogP contribution in [0, 0.1) is 10.1 Å². The Morgan fingerprint density at radius 2 is 2.00 bits per heavy atom. The summed E-state index contributed by atoms with van der Waals surface area (Å²) in [5.74, 6) is -0.138. The van der Waals surface area contributed by atoms with Crippen molar-refractivity contribution >= 4 is 46.4 Å². The topological polar surface area (TPSA) is 125 Å². The number of fused-ring (bicyclic) bond motifs is 1. The predicted octanol–water partition coefficient (Wildman–Crippen LogP) is 3.99. The molecule has 0 aliphatic carbocycles. The Kier molecular flexibility index (Phi) is 9.28. The molecule has 3 heterocycles. The normalized spacial score (nSPS) is 17.0. The van der Waals surface area contributed by atoms with Gasteiger partial charge in [-0.2, -0.15) is 0 Å². The summed E-state index contributed by atoms with van der Waals surface area (Å²) >= 11 is 7.57. The Labute approximate surface area is 256 Å². The quantitative estimate of drug-likeness (QED) is 0.198. The molecule has 2 aliphatic rings. The number of esters is 1. The van der Waals surface area contributed by atoms with Gasteiger partial charge in [0.05, 0.1) is 47.7 Å². The lowest BCUT2D eigenvalue weighted by atomic mass is 9.93. The van der Waals surface area contributed by atoms with E-state index in [0.717, 1.165) is 17.0 Å². The molecule has 2 aromatic carbocycles. The minimum Gasteiger partial charge on any atom is -0.496 e. The number of benzene rings is 2. The Hall–Kier alpha value is -4.00. The number of carbonyl (C=O) groups is 1. The van der Waals surface area contributed by atoms with E-state index in [-0.39, 0.29) is 17.9 Å². The molecule has 1 aromatic heterocycles. The average Bonchev–Trinajstić information content (AvgIpc) is 3.31. The molecule has 5 rings (SSSR count). The molecule has 0 unspecified atom stereocenters. The number of nitro groups is 1. The summed E-state index contributed by atoms with van der Waals surface area (Å²) in [6.45, 7) is 6.10. The number of aromatic nitrogens is 1. The molecule has 3 aromatic rings. The zero-order valence-electron chi connectivity index (χ0n) is 24.0. The van der Waals surface area contributed by atoms with Crippen LogP contribution in [0.15, 0.2) is 57.5 Å². The van der Waals surface area contributed by atoms with Gasteiger partial charge in [-0.15, -0.1) is 0 Å². The molecule has 0 radical (unpaired) electrons. The van der Waals surface area contributed by atoms with E-state index >= 15 is 0 Å². The molecule has 43 heavy (non-hydrogen) atoms. The van der Waals surface area contributed by atoms with E-state index in [4.69, 9.17) is 30.8 Å². The van der Waals surface area contributed by atoms with E-state index in [1.165, 1.54) is 23.8 Å². The molecule has 1 atom stereocenters. The average molecular weight is 627 g/mol. The van der Waals surface area contributed by atoms with Crippen molar-refractivity contribution in [3.05, 3.63) is 93.6 Å². The van der Waals surface area contributed by atoms with E-state index in [9.17, 15) is 19.7 Å². The molecule has 1 saturated heterocycles. The summed E-state index contributed by atoms with van der Waals surface area (Å²) in [6, 6.07) is 8.73. The molecule has 13 heteroatoms. The Bertz CT molecular complexity index is 1780. The number of ether oxygens (including phenoxy) is 3. The number of non-ortho nitro benzene ring substituents is 1. The molecule has 1 fully saturated rings. The first-order valence-corrected chi connectivity index (χ1v) is 15.1. The monoisotopic (exact) mass is 626 g/mol. The fourth-order valence-corrected chi connectivity index (χ4v) is 6.53. The minimum absolute atomic E-state index is 0.0904. The van der Waals surface area contributed by atoms with Crippen molar-refractivity contribution in [1.29, 1.82) is 0 Å². The maximum Gasteiger partial charge on any atom is 0.338 e. The second kappa shape index (κ2) is 13.1. The number of carbonyl (C=O) groups excluding carboxylic acids is 1. The SMILES string of the molecule is CCCC1=C(C(=O)OCC)[C@H](c2cc(Cl)ccc2OC)n2c(s/c(=C/c3cc([N+](=O)[O-])ccc3N3CCOCC3)c2=O)=N1. The van der Waals surface area contributed by atoms with Crippen LogP contribution in [-0.2, 0) is 14.3 Å². The largest absolute Gasteiger partial charge is 0.496 e. The highest BCUT2D eigenvalue weighted by molar-refractivity contribution is 7.07. The van der Waals surface area contributed by atoms with Crippen LogP contribution in [0.3, 0.4) is 0 Å². The summed E-state index contributed by atoms with van der Waals surface area (Å²) in [7, 11) is 1.51. The van der Waals surface area contributed by atoms with Crippen LogP contribution < -0.4 is 24.5 Å². The maximum atomic E-state index is 14.2. The fourth-order valence-electron chi connectivity index (χ4n) is 5.34. The number of rotatable bonds is 9. The predicted molar refractivity (Wildman–Crippen MR) is 164 cm³/mol. The van der Waals surface area contributed by atoms with Gasteiger partial charge in [0, 0.05) is 47.1 Å². The van der Waals surface area contributed by atoms with Crippen LogP contribution in [0.25, 0.3) is 6.08 Å². The van der Waals surface area contributed by atoms with Crippen LogP contribution in [0.2, 0.25) is 5.02 Å². The molecule has 0 saturated carbocycles. The lowest BCUT2D eigenvalue weighted by Gasteiger charge is -2.30. The van der Waals surface area contributed by atoms with Crippen molar-refractivity contribution in [2.75, 3.05) is 44.9 Å². The highest BCUT2D eigenvalue weighted by atomic mass is 35.5. The third-order valence-electron chi connectivity index (χ3n) is 7.24. The van der Waals surface area contributed by atoms with Crippen molar-refractivity contribution < 1.29 is 23.9 Å². The molecule has 2 aliphatic heterocycles. The van der Waals surface area contributed by atoms with Crippen molar-refractivity contribution in [2.24, 2.45) is 4.99 Å². The summed E-state index contributed by atoms with van der Waals surface area (Å²) in [5, 5.41) is 12.1. The first-order chi connectivity index (χ1) is 20.8. The molecular formula is C30H31ClN4O7S. The Morgan fingerprint density at radius 1 is 1.23 bits per heavy atom. The van der Waals surface area contributed by atoms with Crippen molar-refractivity contribution in [2.45, 2.75) is 32.7 Å². The maximum absolute atomic E-state index is 14.2. The van der Waals surface area contributed by atoms with Gasteiger partial charge in [0.1, 0.15) is 11.8 Å². The third kappa shape index (κ3) is 6.08. The molecule has 226 valence electrons. The number of halogens is 1. The molecule has 0 N–H and O–H groups in total. The van der Waals surface area contributed by atoms with E-state index in [1.807, 2.05) is 6.92 Å². The highest BCUT2D eigenvalue weighted by Crippen LogP contribution is 2.38. The number of methoxy groups -OCH3 is 1. The fraction of sp³-hybridized carbons (Fsp3) is 0.367. The van der Waals surface area contributed by atoms with Gasteiger partial charge in [-0.1, -0.05) is 36.3 Å². The number of allylic oxidation sites excluding steroid dienone is 1. The van der Waals surface area contributed by atoms with E-state index in [2.05, 4.69) is 4.90 Å². The van der Waals surface area contributed by atoms with Gasteiger partial charge in [0.2, 0.25) is 0 Å². The van der Waals surface area contributed by atoms with Crippen molar-refractivity contribution in [3.63, 3.8) is 0 Å². The van der Waals surface area contributed by atoms with E-state index in [1.54, 1.807) is 37.3 Å². The summed E-state index contributed by atoms with van der Waals surface area (Å²) < 4.78 is 18.4.